The van der Waals surface area contributed by atoms with Crippen LogP contribution in [-0.4, -0.2) is 22.5 Å². The Bertz CT molecular complexity index is 1310. The molecule has 0 saturated carbocycles. The van der Waals surface area contributed by atoms with Crippen molar-refractivity contribution < 1.29 is 14.3 Å². The van der Waals surface area contributed by atoms with E-state index in [2.05, 4.69) is 10.3 Å². The highest BCUT2D eigenvalue weighted by molar-refractivity contribution is 6.11. The molecule has 1 amide bonds. The minimum atomic E-state index is -0.672. The maximum atomic E-state index is 13.3. The van der Waals surface area contributed by atoms with Crippen LogP contribution in [-0.2, 0) is 4.74 Å². The Kier molecular flexibility index (Phi) is 6.55. The standard InChI is InChI=1S/C29H26N2O3/c1-29(2,3)34-28(33)25-16-10-15-24(21-13-8-5-9-14-21)26(25)31-27(32)23-17-22(18-30-19-23)20-11-6-4-7-12-20/h4-19H,1-3H3,(H,31,32). The molecule has 170 valence electrons. The van der Waals surface area contributed by atoms with E-state index in [1.165, 1.54) is 6.20 Å². The number of anilines is 1. The van der Waals surface area contributed by atoms with Gasteiger partial charge in [0.2, 0.25) is 0 Å². The molecule has 0 fully saturated rings. The van der Waals surface area contributed by atoms with Crippen LogP contribution < -0.4 is 5.32 Å². The average Bonchev–Trinajstić information content (AvgIpc) is 2.84. The molecule has 0 aliphatic rings. The molecular weight excluding hydrogens is 424 g/mol. The number of benzene rings is 3. The summed E-state index contributed by atoms with van der Waals surface area (Å²) in [7, 11) is 0. The summed E-state index contributed by atoms with van der Waals surface area (Å²) in [5.41, 5.74) is 3.80. The highest BCUT2D eigenvalue weighted by Gasteiger charge is 2.24. The first kappa shape index (κ1) is 22.9. The van der Waals surface area contributed by atoms with E-state index in [0.717, 1.165) is 22.3 Å². The number of carbonyl (C=O) groups excluding carboxylic acids is 2. The van der Waals surface area contributed by atoms with Gasteiger partial charge in [-0.25, -0.2) is 4.79 Å². The van der Waals surface area contributed by atoms with E-state index in [1.807, 2.05) is 87.5 Å². The van der Waals surface area contributed by atoms with Crippen molar-refractivity contribution >= 4 is 17.6 Å². The van der Waals surface area contributed by atoms with Gasteiger partial charge in [0.15, 0.2) is 0 Å². The Hall–Kier alpha value is -4.25. The van der Waals surface area contributed by atoms with E-state index in [1.54, 1.807) is 24.4 Å². The zero-order valence-electron chi connectivity index (χ0n) is 19.4. The van der Waals surface area contributed by atoms with Gasteiger partial charge in [-0.1, -0.05) is 72.8 Å². The fourth-order valence-electron chi connectivity index (χ4n) is 3.59. The largest absolute Gasteiger partial charge is 0.456 e. The van der Waals surface area contributed by atoms with E-state index in [9.17, 15) is 9.59 Å². The van der Waals surface area contributed by atoms with Gasteiger partial charge in [-0.15, -0.1) is 0 Å². The molecule has 1 heterocycles. The van der Waals surface area contributed by atoms with Gasteiger partial charge >= 0.3 is 5.97 Å². The van der Waals surface area contributed by atoms with Crippen molar-refractivity contribution in [3.05, 3.63) is 108 Å². The Morgan fingerprint density at radius 3 is 2.06 bits per heavy atom. The predicted molar refractivity (Wildman–Crippen MR) is 135 cm³/mol. The average molecular weight is 451 g/mol. The number of hydrogen-bond donors (Lipinski definition) is 1. The first-order valence-electron chi connectivity index (χ1n) is 11.1. The molecule has 0 aliphatic heterocycles. The van der Waals surface area contributed by atoms with Gasteiger partial charge in [0.25, 0.3) is 5.91 Å². The van der Waals surface area contributed by atoms with Crippen molar-refractivity contribution in [3.63, 3.8) is 0 Å². The summed E-state index contributed by atoms with van der Waals surface area (Å²) in [5, 5.41) is 2.96. The molecule has 5 nitrogen and oxygen atoms in total. The summed E-state index contributed by atoms with van der Waals surface area (Å²) in [6.45, 7) is 5.43. The summed E-state index contributed by atoms with van der Waals surface area (Å²) in [6, 6.07) is 26.4. The maximum Gasteiger partial charge on any atom is 0.340 e. The van der Waals surface area contributed by atoms with Crippen molar-refractivity contribution in [2.75, 3.05) is 5.32 Å². The van der Waals surface area contributed by atoms with Gasteiger partial charge in [0.05, 0.1) is 16.8 Å². The van der Waals surface area contributed by atoms with Crippen molar-refractivity contribution in [1.29, 1.82) is 0 Å². The number of nitrogens with one attached hydrogen (secondary N) is 1. The number of amides is 1. The SMILES string of the molecule is CC(C)(C)OC(=O)c1cccc(-c2ccccc2)c1NC(=O)c1cncc(-c2ccccc2)c1. The number of hydrogen-bond acceptors (Lipinski definition) is 4. The van der Waals surface area contributed by atoms with E-state index in [-0.39, 0.29) is 11.5 Å². The number of para-hydroxylation sites is 1. The van der Waals surface area contributed by atoms with Gasteiger partial charge in [0.1, 0.15) is 5.60 Å². The Balaban J connectivity index is 1.74. The van der Waals surface area contributed by atoms with Crippen LogP contribution in [0.5, 0.6) is 0 Å². The Morgan fingerprint density at radius 2 is 1.41 bits per heavy atom. The number of rotatable bonds is 5. The molecule has 0 bridgehead atoms. The molecule has 1 N–H and O–H groups in total. The van der Waals surface area contributed by atoms with Crippen LogP contribution >= 0.6 is 0 Å². The fraction of sp³-hybridized carbons (Fsp3) is 0.138. The number of aromatic nitrogens is 1. The molecule has 0 atom stereocenters. The summed E-state index contributed by atoms with van der Waals surface area (Å²) < 4.78 is 5.62. The summed E-state index contributed by atoms with van der Waals surface area (Å²) in [6.07, 6.45) is 3.23. The van der Waals surface area contributed by atoms with Crippen LogP contribution in [0.25, 0.3) is 22.3 Å². The van der Waals surface area contributed by atoms with Crippen molar-refractivity contribution in [3.8, 4) is 22.3 Å². The molecule has 1 aromatic heterocycles. The van der Waals surface area contributed by atoms with Gasteiger partial charge in [-0.2, -0.15) is 0 Å². The van der Waals surface area contributed by atoms with E-state index in [0.29, 0.717) is 11.3 Å². The topological polar surface area (TPSA) is 68.3 Å². The molecule has 4 aromatic rings. The second-order valence-corrected chi connectivity index (χ2v) is 8.88. The minimum absolute atomic E-state index is 0.289. The lowest BCUT2D eigenvalue weighted by molar-refractivity contribution is 0.00708. The van der Waals surface area contributed by atoms with E-state index in [4.69, 9.17) is 4.74 Å². The van der Waals surface area contributed by atoms with Crippen molar-refractivity contribution in [2.45, 2.75) is 26.4 Å². The van der Waals surface area contributed by atoms with Gasteiger partial charge in [-0.05, 0) is 44.0 Å². The number of ether oxygens (including phenoxy) is 1. The molecule has 0 saturated heterocycles. The summed E-state index contributed by atoms with van der Waals surface area (Å²) >= 11 is 0. The summed E-state index contributed by atoms with van der Waals surface area (Å²) in [5.74, 6) is -0.866. The van der Waals surface area contributed by atoms with Crippen LogP contribution in [0.3, 0.4) is 0 Å². The van der Waals surface area contributed by atoms with Crippen LogP contribution in [0.4, 0.5) is 5.69 Å². The fourth-order valence-corrected chi connectivity index (χ4v) is 3.59. The molecule has 3 aromatic carbocycles. The number of esters is 1. The highest BCUT2D eigenvalue weighted by Crippen LogP contribution is 2.33. The van der Waals surface area contributed by atoms with Gasteiger partial charge in [-0.3, -0.25) is 9.78 Å². The lowest BCUT2D eigenvalue weighted by atomic mass is 9.99. The Morgan fingerprint density at radius 1 is 0.765 bits per heavy atom. The van der Waals surface area contributed by atoms with Gasteiger partial charge < -0.3 is 10.1 Å². The van der Waals surface area contributed by atoms with Crippen molar-refractivity contribution in [2.24, 2.45) is 0 Å². The number of nitrogens with zero attached hydrogens (tertiary/aromatic N) is 1. The van der Waals surface area contributed by atoms with Crippen LogP contribution in [0, 0.1) is 0 Å². The predicted octanol–water partition coefficient (Wildman–Crippen LogP) is 6.62. The Labute approximate surface area is 199 Å². The molecule has 5 heteroatoms. The minimum Gasteiger partial charge on any atom is -0.456 e. The first-order chi connectivity index (χ1) is 16.3. The van der Waals surface area contributed by atoms with Crippen LogP contribution in [0.15, 0.2) is 97.3 Å². The third-order valence-electron chi connectivity index (χ3n) is 5.11. The van der Waals surface area contributed by atoms with Crippen LogP contribution in [0.2, 0.25) is 0 Å². The maximum absolute atomic E-state index is 13.3. The lowest BCUT2D eigenvalue weighted by Crippen LogP contribution is -2.25. The van der Waals surface area contributed by atoms with Crippen molar-refractivity contribution in [1.82, 2.24) is 4.98 Å². The van der Waals surface area contributed by atoms with E-state index >= 15 is 0 Å². The zero-order valence-corrected chi connectivity index (χ0v) is 19.4. The van der Waals surface area contributed by atoms with E-state index < -0.39 is 11.6 Å². The highest BCUT2D eigenvalue weighted by atomic mass is 16.6. The third kappa shape index (κ3) is 5.38. The second-order valence-electron chi connectivity index (χ2n) is 8.88. The molecular formula is C29H26N2O3. The second kappa shape index (κ2) is 9.71. The molecule has 0 spiro atoms. The molecule has 0 aliphatic carbocycles. The number of pyridine rings is 1. The molecule has 0 radical (unpaired) electrons. The monoisotopic (exact) mass is 450 g/mol. The normalized spacial score (nSPS) is 11.0. The van der Waals surface area contributed by atoms with Crippen LogP contribution in [0.1, 0.15) is 41.5 Å². The molecule has 0 unspecified atom stereocenters. The quantitative estimate of drug-likeness (QED) is 0.347. The van der Waals surface area contributed by atoms with Gasteiger partial charge in [0, 0.05) is 23.5 Å². The number of carbonyl (C=O) groups is 2. The lowest BCUT2D eigenvalue weighted by Gasteiger charge is -2.22. The zero-order chi connectivity index (χ0) is 24.1. The third-order valence-corrected chi connectivity index (χ3v) is 5.11. The molecule has 4 rings (SSSR count). The summed E-state index contributed by atoms with van der Waals surface area (Å²) in [4.78, 5) is 30.6. The first-order valence-corrected chi connectivity index (χ1v) is 11.1. The molecule has 34 heavy (non-hydrogen) atoms. The smallest absolute Gasteiger partial charge is 0.340 e.